The van der Waals surface area contributed by atoms with Crippen LogP contribution in [0.2, 0.25) is 0 Å². The van der Waals surface area contributed by atoms with Gasteiger partial charge in [0.05, 0.1) is 12.2 Å². The molecule has 1 aromatic heterocycles. The molecular weight excluding hydrogens is 494 g/mol. The highest BCUT2D eigenvalue weighted by molar-refractivity contribution is 7.11. The van der Waals surface area contributed by atoms with Gasteiger partial charge >= 0.3 is 24.3 Å². The molecule has 0 saturated carbocycles. The number of aryl methyl sites for hydroxylation is 1. The lowest BCUT2D eigenvalue weighted by Gasteiger charge is -2.38. The molecule has 2 aliphatic rings. The van der Waals surface area contributed by atoms with Gasteiger partial charge < -0.3 is 19.8 Å². The normalized spacial score (nSPS) is 20.4. The van der Waals surface area contributed by atoms with E-state index in [0.717, 1.165) is 13.2 Å². The van der Waals surface area contributed by atoms with E-state index in [9.17, 15) is 26.3 Å². The van der Waals surface area contributed by atoms with Crippen LogP contribution in [-0.4, -0.2) is 89.7 Å². The summed E-state index contributed by atoms with van der Waals surface area (Å²) in [7, 11) is 4.34. The minimum Gasteiger partial charge on any atom is -0.475 e. The van der Waals surface area contributed by atoms with E-state index in [-0.39, 0.29) is 5.60 Å². The number of likely N-dealkylation sites (N-methyl/N-ethyl adjacent to an activating group) is 1. The van der Waals surface area contributed by atoms with Crippen LogP contribution in [0.4, 0.5) is 26.3 Å². The third-order valence-corrected chi connectivity index (χ3v) is 6.33. The first-order chi connectivity index (χ1) is 15.4. The summed E-state index contributed by atoms with van der Waals surface area (Å²) in [6.45, 7) is 6.57. The summed E-state index contributed by atoms with van der Waals surface area (Å²) in [5, 5.41) is 14.2. The molecule has 1 spiro atoms. The maximum Gasteiger partial charge on any atom is 0.490 e. The van der Waals surface area contributed by atoms with Gasteiger partial charge in [-0.1, -0.05) is 0 Å². The molecular formula is C20H28F6N2O5S. The smallest absolute Gasteiger partial charge is 0.475 e. The van der Waals surface area contributed by atoms with Gasteiger partial charge in [0.15, 0.2) is 0 Å². The zero-order valence-electron chi connectivity index (χ0n) is 18.9. The van der Waals surface area contributed by atoms with Crippen molar-refractivity contribution in [2.24, 2.45) is 0 Å². The minimum atomic E-state index is -5.08. The van der Waals surface area contributed by atoms with Crippen molar-refractivity contribution in [2.75, 3.05) is 33.8 Å². The lowest BCUT2D eigenvalue weighted by atomic mass is 9.87. The van der Waals surface area contributed by atoms with Crippen molar-refractivity contribution in [1.29, 1.82) is 0 Å². The van der Waals surface area contributed by atoms with Crippen LogP contribution in [0.25, 0.3) is 0 Å². The number of thiophene rings is 1. The fraction of sp³-hybridized carbons (Fsp3) is 0.700. The number of nitrogens with zero attached hydrogens (tertiary/aromatic N) is 2. The lowest BCUT2D eigenvalue weighted by molar-refractivity contribution is -0.193. The molecule has 34 heavy (non-hydrogen) atoms. The zero-order chi connectivity index (χ0) is 26.3. The van der Waals surface area contributed by atoms with Crippen LogP contribution in [0.5, 0.6) is 0 Å². The second-order valence-electron chi connectivity index (χ2n) is 8.21. The number of carboxylic acid groups (broad SMARTS) is 2. The second-order valence-corrected chi connectivity index (χ2v) is 9.58. The van der Waals surface area contributed by atoms with E-state index >= 15 is 0 Å². The highest BCUT2D eigenvalue weighted by atomic mass is 32.1. The maximum atomic E-state index is 10.6. The first kappa shape index (κ1) is 30.1. The van der Waals surface area contributed by atoms with Crippen LogP contribution < -0.4 is 0 Å². The zero-order valence-corrected chi connectivity index (χ0v) is 19.7. The van der Waals surface area contributed by atoms with Gasteiger partial charge in [-0.3, -0.25) is 4.90 Å². The summed E-state index contributed by atoms with van der Waals surface area (Å²) in [5.41, 5.74) is 0.177. The van der Waals surface area contributed by atoms with Crippen LogP contribution >= 0.6 is 11.3 Å². The molecule has 196 valence electrons. The van der Waals surface area contributed by atoms with Crippen molar-refractivity contribution in [2.45, 2.75) is 56.7 Å². The Morgan fingerprint density at radius 2 is 1.56 bits per heavy atom. The number of ether oxygens (including phenoxy) is 1. The quantitative estimate of drug-likeness (QED) is 0.580. The van der Waals surface area contributed by atoms with Crippen molar-refractivity contribution in [3.8, 4) is 0 Å². The SMILES string of the molecule is Cc1ccc(CN2CCC3(CC2)CC(N(C)C)CO3)s1.O=C(O)C(F)(F)F.O=C(O)C(F)(F)F. The molecule has 1 unspecified atom stereocenters. The molecule has 0 radical (unpaired) electrons. The fourth-order valence-corrected chi connectivity index (χ4v) is 4.34. The topological polar surface area (TPSA) is 90.3 Å². The molecule has 0 bridgehead atoms. The highest BCUT2D eigenvalue weighted by Crippen LogP contribution is 2.37. The number of alkyl halides is 6. The van der Waals surface area contributed by atoms with Gasteiger partial charge in [-0.15, -0.1) is 11.3 Å². The van der Waals surface area contributed by atoms with Gasteiger partial charge in [0.25, 0.3) is 0 Å². The Balaban J connectivity index is 0.000000343. The third kappa shape index (κ3) is 10.2. The first-order valence-corrected chi connectivity index (χ1v) is 10.9. The van der Waals surface area contributed by atoms with Crippen LogP contribution in [-0.2, 0) is 20.9 Å². The predicted octanol–water partition coefficient (Wildman–Crippen LogP) is 4.01. The van der Waals surface area contributed by atoms with Crippen LogP contribution in [0.3, 0.4) is 0 Å². The van der Waals surface area contributed by atoms with Gasteiger partial charge in [-0.25, -0.2) is 9.59 Å². The average molecular weight is 523 g/mol. The van der Waals surface area contributed by atoms with Crippen molar-refractivity contribution < 1.29 is 50.9 Å². The molecule has 7 nitrogen and oxygen atoms in total. The van der Waals surface area contributed by atoms with Gasteiger partial charge in [0, 0.05) is 35.4 Å². The van der Waals surface area contributed by atoms with Crippen LogP contribution in [0.15, 0.2) is 12.1 Å². The van der Waals surface area contributed by atoms with E-state index in [2.05, 4.69) is 43.0 Å². The van der Waals surface area contributed by atoms with Gasteiger partial charge in [0.1, 0.15) is 0 Å². The highest BCUT2D eigenvalue weighted by Gasteiger charge is 2.43. The molecule has 1 atom stereocenters. The Kier molecular flexibility index (Phi) is 10.8. The van der Waals surface area contributed by atoms with E-state index in [4.69, 9.17) is 24.5 Å². The molecule has 14 heteroatoms. The number of aliphatic carboxylic acids is 2. The standard InChI is InChI=1S/C16H26N2OS.2C2HF3O2/c1-13-4-5-15(20-13)11-18-8-6-16(7-9-18)10-14(12-19-16)17(2)3;2*3-2(4,5)1(6)7/h4-5,14H,6-12H2,1-3H3;2*(H,6,7). The van der Waals surface area contributed by atoms with Crippen molar-refractivity contribution >= 4 is 23.3 Å². The molecule has 2 saturated heterocycles. The van der Waals surface area contributed by atoms with Crippen molar-refractivity contribution in [1.82, 2.24) is 9.80 Å². The lowest BCUT2D eigenvalue weighted by Crippen LogP contribution is -2.44. The Bertz CT molecular complexity index is 780. The molecule has 0 aromatic carbocycles. The number of carboxylic acids is 2. The Hall–Kier alpha value is -1.90. The van der Waals surface area contributed by atoms with Gasteiger partial charge in [-0.2, -0.15) is 26.3 Å². The molecule has 1 aromatic rings. The summed E-state index contributed by atoms with van der Waals surface area (Å²) in [5.74, 6) is -5.51. The number of likely N-dealkylation sites (tertiary alicyclic amines) is 1. The Morgan fingerprint density at radius 3 is 1.88 bits per heavy atom. The monoisotopic (exact) mass is 522 g/mol. The number of rotatable bonds is 3. The fourth-order valence-electron chi connectivity index (χ4n) is 3.41. The number of carbonyl (C=O) groups is 2. The summed E-state index contributed by atoms with van der Waals surface area (Å²) in [6, 6.07) is 5.12. The largest absolute Gasteiger partial charge is 0.490 e. The Morgan fingerprint density at radius 1 is 1.09 bits per heavy atom. The summed E-state index contributed by atoms with van der Waals surface area (Å²) < 4.78 is 69.7. The van der Waals surface area contributed by atoms with E-state index in [1.54, 1.807) is 0 Å². The molecule has 2 aliphatic heterocycles. The number of piperidine rings is 1. The summed E-state index contributed by atoms with van der Waals surface area (Å²) >= 11 is 1.93. The molecule has 2 N–H and O–H groups in total. The van der Waals surface area contributed by atoms with Crippen molar-refractivity contribution in [3.05, 3.63) is 21.9 Å². The van der Waals surface area contributed by atoms with Crippen molar-refractivity contribution in [3.63, 3.8) is 0 Å². The minimum absolute atomic E-state index is 0.177. The summed E-state index contributed by atoms with van der Waals surface area (Å²) in [6.07, 6.45) is -6.56. The van der Waals surface area contributed by atoms with E-state index in [1.807, 2.05) is 11.3 Å². The average Bonchev–Trinajstić information content (AvgIpc) is 3.30. The van der Waals surface area contributed by atoms with E-state index in [0.29, 0.717) is 6.04 Å². The number of hydrogen-bond acceptors (Lipinski definition) is 6. The van der Waals surface area contributed by atoms with Gasteiger partial charge in [0.2, 0.25) is 0 Å². The first-order valence-electron chi connectivity index (χ1n) is 10.1. The molecule has 0 aliphatic carbocycles. The molecule has 3 heterocycles. The van der Waals surface area contributed by atoms with E-state index < -0.39 is 24.3 Å². The van der Waals surface area contributed by atoms with E-state index in [1.165, 1.54) is 42.1 Å². The van der Waals surface area contributed by atoms with Gasteiger partial charge in [-0.05, 0) is 52.4 Å². The molecule has 0 amide bonds. The van der Waals surface area contributed by atoms with Crippen LogP contribution in [0.1, 0.15) is 29.0 Å². The molecule has 2 fully saturated rings. The number of halogens is 6. The molecule has 3 rings (SSSR count). The third-order valence-electron chi connectivity index (χ3n) is 5.35. The summed E-state index contributed by atoms with van der Waals surface area (Å²) in [4.78, 5) is 25.6. The predicted molar refractivity (Wildman–Crippen MR) is 112 cm³/mol. The maximum absolute atomic E-state index is 10.6. The number of hydrogen-bond donors (Lipinski definition) is 2. The Labute approximate surface area is 196 Å². The second kappa shape index (κ2) is 12.2. The van der Waals surface area contributed by atoms with Crippen LogP contribution in [0, 0.1) is 6.92 Å².